The predicted octanol–water partition coefficient (Wildman–Crippen LogP) is 0.999. The van der Waals surface area contributed by atoms with Crippen molar-refractivity contribution in [3.8, 4) is 0 Å². The molecule has 116 valence electrons. The van der Waals surface area contributed by atoms with Crippen molar-refractivity contribution in [2.24, 2.45) is 0 Å². The molecule has 1 aliphatic carbocycles. The Hall–Kier alpha value is -0.650. The molecule has 2 aliphatic rings. The van der Waals surface area contributed by atoms with Gasteiger partial charge in [-0.05, 0) is 39.2 Å². The maximum Gasteiger partial charge on any atom is 0.323 e. The van der Waals surface area contributed by atoms with Crippen molar-refractivity contribution in [1.82, 2.24) is 15.1 Å². The summed E-state index contributed by atoms with van der Waals surface area (Å²) in [7, 11) is 0. The fourth-order valence-corrected chi connectivity index (χ4v) is 2.85. The van der Waals surface area contributed by atoms with Crippen molar-refractivity contribution in [3.05, 3.63) is 0 Å². The van der Waals surface area contributed by atoms with E-state index < -0.39 is 11.5 Å². The van der Waals surface area contributed by atoms with Gasteiger partial charge >= 0.3 is 5.97 Å². The van der Waals surface area contributed by atoms with Gasteiger partial charge < -0.3 is 15.3 Å². The highest BCUT2D eigenvalue weighted by Crippen LogP contribution is 2.27. The number of carbonyl (C=O) groups is 1. The van der Waals surface area contributed by atoms with Crippen LogP contribution in [0.15, 0.2) is 0 Å². The van der Waals surface area contributed by atoms with E-state index in [4.69, 9.17) is 0 Å². The summed E-state index contributed by atoms with van der Waals surface area (Å²) in [5.74, 6) is -0.734. The van der Waals surface area contributed by atoms with Gasteiger partial charge in [0.15, 0.2) is 0 Å². The van der Waals surface area contributed by atoms with Crippen LogP contribution in [0.5, 0.6) is 0 Å². The summed E-state index contributed by atoms with van der Waals surface area (Å²) in [6, 6.07) is 0.854. The minimum Gasteiger partial charge on any atom is -0.480 e. The maximum atomic E-state index is 11.5. The summed E-state index contributed by atoms with van der Waals surface area (Å²) in [5, 5.41) is 12.6. The Balaban J connectivity index is 1.73. The monoisotopic (exact) mass is 283 g/mol. The second kappa shape index (κ2) is 6.87. The highest BCUT2D eigenvalue weighted by Gasteiger charge is 2.34. The number of carboxylic acids is 1. The maximum absolute atomic E-state index is 11.5. The van der Waals surface area contributed by atoms with Crippen LogP contribution in [0.3, 0.4) is 0 Å². The Morgan fingerprint density at radius 2 is 1.95 bits per heavy atom. The molecular weight excluding hydrogens is 254 g/mol. The quantitative estimate of drug-likeness (QED) is 0.696. The summed E-state index contributed by atoms with van der Waals surface area (Å²) in [6.07, 6.45) is 4.38. The molecule has 0 bridgehead atoms. The van der Waals surface area contributed by atoms with Crippen molar-refractivity contribution < 1.29 is 9.90 Å². The van der Waals surface area contributed by atoms with E-state index in [1.165, 1.54) is 12.8 Å². The summed E-state index contributed by atoms with van der Waals surface area (Å²) in [4.78, 5) is 16.5. The highest BCUT2D eigenvalue weighted by atomic mass is 16.4. The van der Waals surface area contributed by atoms with Crippen molar-refractivity contribution >= 4 is 5.97 Å². The zero-order chi connectivity index (χ0) is 14.6. The molecule has 0 amide bonds. The minimum absolute atomic E-state index is 0.672. The third-order valence-corrected chi connectivity index (χ3v) is 4.64. The van der Waals surface area contributed by atoms with Crippen LogP contribution in [-0.4, -0.2) is 71.7 Å². The molecule has 2 fully saturated rings. The number of piperazine rings is 1. The lowest BCUT2D eigenvalue weighted by Crippen LogP contribution is -2.53. The van der Waals surface area contributed by atoms with E-state index in [-0.39, 0.29) is 0 Å². The van der Waals surface area contributed by atoms with Gasteiger partial charge in [0.1, 0.15) is 5.54 Å². The topological polar surface area (TPSA) is 55.8 Å². The lowest BCUT2D eigenvalue weighted by Gasteiger charge is -2.36. The van der Waals surface area contributed by atoms with Gasteiger partial charge in [0, 0.05) is 38.8 Å². The largest absolute Gasteiger partial charge is 0.480 e. The first-order valence-electron chi connectivity index (χ1n) is 8.00. The van der Waals surface area contributed by atoms with E-state index in [0.717, 1.165) is 51.7 Å². The Morgan fingerprint density at radius 3 is 2.45 bits per heavy atom. The molecule has 1 saturated carbocycles. The number of nitrogens with one attached hydrogen (secondary N) is 1. The Kier molecular flexibility index (Phi) is 5.41. The third kappa shape index (κ3) is 4.17. The molecule has 1 saturated heterocycles. The molecule has 20 heavy (non-hydrogen) atoms. The molecule has 1 unspecified atom stereocenters. The van der Waals surface area contributed by atoms with Gasteiger partial charge in [0.05, 0.1) is 0 Å². The molecule has 2 rings (SSSR count). The number of nitrogens with zero attached hydrogens (tertiary/aromatic N) is 2. The lowest BCUT2D eigenvalue weighted by molar-refractivity contribution is -0.144. The Labute approximate surface area is 122 Å². The van der Waals surface area contributed by atoms with Gasteiger partial charge in [-0.25, -0.2) is 0 Å². The van der Waals surface area contributed by atoms with E-state index in [1.54, 1.807) is 0 Å². The first kappa shape index (κ1) is 15.7. The fraction of sp³-hybridized carbons (Fsp3) is 0.933. The Morgan fingerprint density at radius 1 is 1.30 bits per heavy atom. The second-order valence-corrected chi connectivity index (χ2v) is 6.42. The highest BCUT2D eigenvalue weighted by molar-refractivity contribution is 5.78. The first-order chi connectivity index (χ1) is 9.55. The molecule has 1 atom stereocenters. The SMILES string of the molecule is CCCNC(C)(CCN1CCN(C2CC2)CC1)C(=O)O. The van der Waals surface area contributed by atoms with Crippen LogP contribution < -0.4 is 5.32 Å². The van der Waals surface area contributed by atoms with Crippen molar-refractivity contribution in [3.63, 3.8) is 0 Å². The number of hydrogen-bond donors (Lipinski definition) is 2. The number of carboxylic acid groups (broad SMARTS) is 1. The van der Waals surface area contributed by atoms with Crippen molar-refractivity contribution in [2.45, 2.75) is 51.1 Å². The fourth-order valence-electron chi connectivity index (χ4n) is 2.85. The molecule has 0 aromatic heterocycles. The van der Waals surface area contributed by atoms with Gasteiger partial charge in [-0.1, -0.05) is 6.92 Å². The molecule has 0 aromatic carbocycles. The lowest BCUT2D eigenvalue weighted by atomic mass is 9.97. The van der Waals surface area contributed by atoms with Crippen LogP contribution >= 0.6 is 0 Å². The summed E-state index contributed by atoms with van der Waals surface area (Å²) < 4.78 is 0. The van der Waals surface area contributed by atoms with Gasteiger partial charge in [-0.2, -0.15) is 0 Å². The van der Waals surface area contributed by atoms with E-state index >= 15 is 0 Å². The molecular formula is C15H29N3O2. The predicted molar refractivity (Wildman–Crippen MR) is 80.0 cm³/mol. The molecule has 5 heteroatoms. The average Bonchev–Trinajstić information content (AvgIpc) is 3.28. The normalized spacial score (nSPS) is 24.5. The van der Waals surface area contributed by atoms with Crippen LogP contribution in [0, 0.1) is 0 Å². The second-order valence-electron chi connectivity index (χ2n) is 6.42. The first-order valence-corrected chi connectivity index (χ1v) is 8.00. The summed E-state index contributed by atoms with van der Waals surface area (Å²) >= 11 is 0. The Bertz CT molecular complexity index is 325. The summed E-state index contributed by atoms with van der Waals surface area (Å²) in [6.45, 7) is 9.97. The third-order valence-electron chi connectivity index (χ3n) is 4.64. The number of rotatable bonds is 8. The van der Waals surface area contributed by atoms with Crippen molar-refractivity contribution in [2.75, 3.05) is 39.3 Å². The van der Waals surface area contributed by atoms with E-state index in [0.29, 0.717) is 6.42 Å². The zero-order valence-corrected chi connectivity index (χ0v) is 12.9. The van der Waals surface area contributed by atoms with E-state index in [1.807, 2.05) is 6.92 Å². The standard InChI is InChI=1S/C15H29N3O2/c1-3-7-16-15(2,14(19)20)6-8-17-9-11-18(12-10-17)13-4-5-13/h13,16H,3-12H2,1-2H3,(H,19,20). The van der Waals surface area contributed by atoms with Gasteiger partial charge in [-0.15, -0.1) is 0 Å². The van der Waals surface area contributed by atoms with Crippen LogP contribution in [-0.2, 0) is 4.79 Å². The van der Waals surface area contributed by atoms with Crippen LogP contribution in [0.4, 0.5) is 0 Å². The zero-order valence-electron chi connectivity index (χ0n) is 12.9. The molecule has 2 N–H and O–H groups in total. The van der Waals surface area contributed by atoms with E-state index in [2.05, 4.69) is 22.0 Å². The number of hydrogen-bond acceptors (Lipinski definition) is 4. The molecule has 0 radical (unpaired) electrons. The smallest absolute Gasteiger partial charge is 0.323 e. The van der Waals surface area contributed by atoms with Gasteiger partial charge in [-0.3, -0.25) is 9.69 Å². The molecule has 1 heterocycles. The molecule has 5 nitrogen and oxygen atoms in total. The number of aliphatic carboxylic acids is 1. The van der Waals surface area contributed by atoms with Gasteiger partial charge in [0.25, 0.3) is 0 Å². The average molecular weight is 283 g/mol. The van der Waals surface area contributed by atoms with Crippen LogP contribution in [0.2, 0.25) is 0 Å². The van der Waals surface area contributed by atoms with Crippen molar-refractivity contribution in [1.29, 1.82) is 0 Å². The molecule has 0 aromatic rings. The van der Waals surface area contributed by atoms with E-state index in [9.17, 15) is 9.90 Å². The van der Waals surface area contributed by atoms with Crippen LogP contribution in [0.1, 0.15) is 39.5 Å². The summed E-state index contributed by atoms with van der Waals surface area (Å²) in [5.41, 5.74) is -0.788. The van der Waals surface area contributed by atoms with Crippen LogP contribution in [0.25, 0.3) is 0 Å². The molecule has 0 spiro atoms. The molecule has 1 aliphatic heterocycles. The van der Waals surface area contributed by atoms with Gasteiger partial charge in [0.2, 0.25) is 0 Å². The minimum atomic E-state index is -0.788.